The maximum atomic E-state index is 12.3. The third-order valence-electron chi connectivity index (χ3n) is 4.84. The quantitative estimate of drug-likeness (QED) is 0.861. The van der Waals surface area contributed by atoms with E-state index < -0.39 is 0 Å². The van der Waals surface area contributed by atoms with Crippen molar-refractivity contribution in [2.45, 2.75) is 38.8 Å². The SMILES string of the molecule is Cc1ccc(-c2ccnc(N3CCN[C@H](C(=O)NC4CC4)C3)n2)c(C)n1. The first-order chi connectivity index (χ1) is 12.6. The predicted molar refractivity (Wildman–Crippen MR) is 99.9 cm³/mol. The van der Waals surface area contributed by atoms with E-state index in [9.17, 15) is 4.79 Å². The van der Waals surface area contributed by atoms with E-state index in [0.717, 1.165) is 48.6 Å². The Labute approximate surface area is 153 Å². The van der Waals surface area contributed by atoms with E-state index in [4.69, 9.17) is 4.98 Å². The van der Waals surface area contributed by atoms with Gasteiger partial charge in [0.1, 0.15) is 6.04 Å². The molecule has 4 rings (SSSR count). The van der Waals surface area contributed by atoms with Gasteiger partial charge in [0.2, 0.25) is 11.9 Å². The van der Waals surface area contributed by atoms with E-state index in [1.54, 1.807) is 6.20 Å². The van der Waals surface area contributed by atoms with Gasteiger partial charge in [0.25, 0.3) is 0 Å². The van der Waals surface area contributed by atoms with Gasteiger partial charge in [-0.1, -0.05) is 0 Å². The largest absolute Gasteiger partial charge is 0.352 e. The average Bonchev–Trinajstić information content (AvgIpc) is 3.46. The van der Waals surface area contributed by atoms with Gasteiger partial charge in [0, 0.05) is 48.8 Å². The van der Waals surface area contributed by atoms with Gasteiger partial charge in [0.15, 0.2) is 0 Å². The van der Waals surface area contributed by atoms with Gasteiger partial charge in [-0.05, 0) is 44.9 Å². The molecule has 1 saturated heterocycles. The Morgan fingerprint density at radius 3 is 2.85 bits per heavy atom. The first kappa shape index (κ1) is 16.9. The summed E-state index contributed by atoms with van der Waals surface area (Å²) in [6, 6.07) is 6.10. The van der Waals surface area contributed by atoms with Gasteiger partial charge in [0.05, 0.1) is 5.69 Å². The van der Waals surface area contributed by atoms with E-state index in [0.29, 0.717) is 18.5 Å². The van der Waals surface area contributed by atoms with Gasteiger partial charge in [-0.15, -0.1) is 0 Å². The van der Waals surface area contributed by atoms with Crippen LogP contribution in [0, 0.1) is 13.8 Å². The zero-order chi connectivity index (χ0) is 18.1. The fourth-order valence-corrected chi connectivity index (χ4v) is 3.24. The molecule has 0 radical (unpaired) electrons. The summed E-state index contributed by atoms with van der Waals surface area (Å²) in [6.45, 7) is 6.07. The summed E-state index contributed by atoms with van der Waals surface area (Å²) < 4.78 is 0. The molecule has 2 N–H and O–H groups in total. The van der Waals surface area contributed by atoms with Crippen LogP contribution in [-0.4, -0.2) is 52.6 Å². The number of aromatic nitrogens is 3. The number of nitrogens with one attached hydrogen (secondary N) is 2. The minimum absolute atomic E-state index is 0.0759. The van der Waals surface area contributed by atoms with E-state index >= 15 is 0 Å². The molecule has 1 amide bonds. The molecular formula is C19H24N6O. The van der Waals surface area contributed by atoms with Gasteiger partial charge in [-0.25, -0.2) is 9.97 Å². The molecule has 2 aromatic heterocycles. The monoisotopic (exact) mass is 352 g/mol. The molecule has 0 spiro atoms. The molecule has 7 heteroatoms. The minimum atomic E-state index is -0.223. The molecule has 3 heterocycles. The van der Waals surface area contributed by atoms with E-state index in [1.165, 1.54) is 0 Å². The number of pyridine rings is 1. The van der Waals surface area contributed by atoms with Crippen LogP contribution in [0.5, 0.6) is 0 Å². The highest BCUT2D eigenvalue weighted by Crippen LogP contribution is 2.23. The normalized spacial score (nSPS) is 20.1. The Morgan fingerprint density at radius 1 is 1.23 bits per heavy atom. The second-order valence-corrected chi connectivity index (χ2v) is 7.06. The fourth-order valence-electron chi connectivity index (χ4n) is 3.24. The topological polar surface area (TPSA) is 83.0 Å². The van der Waals surface area contributed by atoms with Crippen LogP contribution in [0.3, 0.4) is 0 Å². The van der Waals surface area contributed by atoms with Crippen LogP contribution in [0.1, 0.15) is 24.2 Å². The van der Waals surface area contributed by atoms with Crippen molar-refractivity contribution in [3.05, 3.63) is 35.8 Å². The van der Waals surface area contributed by atoms with Crippen LogP contribution in [0.25, 0.3) is 11.3 Å². The molecule has 2 aliphatic rings. The summed E-state index contributed by atoms with van der Waals surface area (Å²) >= 11 is 0. The van der Waals surface area contributed by atoms with Crippen molar-refractivity contribution >= 4 is 11.9 Å². The number of carbonyl (C=O) groups excluding carboxylic acids is 1. The Morgan fingerprint density at radius 2 is 2.08 bits per heavy atom. The van der Waals surface area contributed by atoms with Gasteiger partial charge in [-0.2, -0.15) is 0 Å². The molecule has 1 aliphatic carbocycles. The van der Waals surface area contributed by atoms with Gasteiger partial charge < -0.3 is 15.5 Å². The molecule has 136 valence electrons. The first-order valence-electron chi connectivity index (χ1n) is 9.16. The van der Waals surface area contributed by atoms with Crippen LogP contribution in [0.2, 0.25) is 0 Å². The second kappa shape index (κ2) is 6.99. The van der Waals surface area contributed by atoms with Crippen LogP contribution in [0.15, 0.2) is 24.4 Å². The zero-order valence-corrected chi connectivity index (χ0v) is 15.2. The van der Waals surface area contributed by atoms with E-state index in [2.05, 4.69) is 25.5 Å². The molecule has 2 fully saturated rings. The summed E-state index contributed by atoms with van der Waals surface area (Å²) in [6.07, 6.45) is 3.97. The number of piperazine rings is 1. The van der Waals surface area contributed by atoms with Crippen molar-refractivity contribution in [2.75, 3.05) is 24.5 Å². The molecular weight excluding hydrogens is 328 g/mol. The van der Waals surface area contributed by atoms with Crippen molar-refractivity contribution < 1.29 is 4.79 Å². The molecule has 2 aromatic rings. The van der Waals surface area contributed by atoms with Crippen molar-refractivity contribution in [1.82, 2.24) is 25.6 Å². The molecule has 1 aliphatic heterocycles. The number of aryl methyl sites for hydroxylation is 2. The fraction of sp³-hybridized carbons (Fsp3) is 0.474. The summed E-state index contributed by atoms with van der Waals surface area (Å²) in [7, 11) is 0. The third kappa shape index (κ3) is 3.67. The third-order valence-corrected chi connectivity index (χ3v) is 4.84. The molecule has 0 aromatic carbocycles. The van der Waals surface area contributed by atoms with E-state index in [1.807, 2.05) is 32.0 Å². The number of nitrogens with zero attached hydrogens (tertiary/aromatic N) is 4. The highest BCUT2D eigenvalue weighted by molar-refractivity contribution is 5.83. The maximum absolute atomic E-state index is 12.3. The standard InChI is InChI=1S/C19H24N6O/c1-12-3-6-15(13(2)22-12)16-7-8-21-19(24-16)25-10-9-20-17(11-25)18(26)23-14-4-5-14/h3,6-8,14,17,20H,4-5,9-11H2,1-2H3,(H,23,26)/t17-/m0/s1. The Bertz CT molecular complexity index is 819. The molecule has 0 bridgehead atoms. The lowest BCUT2D eigenvalue weighted by Gasteiger charge is -2.33. The number of amides is 1. The molecule has 1 saturated carbocycles. The average molecular weight is 352 g/mol. The van der Waals surface area contributed by atoms with Gasteiger partial charge >= 0.3 is 0 Å². The van der Waals surface area contributed by atoms with Crippen LogP contribution < -0.4 is 15.5 Å². The summed E-state index contributed by atoms with van der Waals surface area (Å²) in [4.78, 5) is 28.1. The molecule has 7 nitrogen and oxygen atoms in total. The lowest BCUT2D eigenvalue weighted by atomic mass is 10.1. The Hall–Kier alpha value is -2.54. The zero-order valence-electron chi connectivity index (χ0n) is 15.2. The first-order valence-corrected chi connectivity index (χ1v) is 9.16. The summed E-state index contributed by atoms with van der Waals surface area (Å²) in [5.41, 5.74) is 3.82. The van der Waals surface area contributed by atoms with Crippen molar-refractivity contribution in [3.63, 3.8) is 0 Å². The summed E-state index contributed by atoms with van der Waals surface area (Å²) in [5, 5.41) is 6.36. The van der Waals surface area contributed by atoms with Gasteiger partial charge in [-0.3, -0.25) is 9.78 Å². The van der Waals surface area contributed by atoms with Crippen molar-refractivity contribution in [2.24, 2.45) is 0 Å². The maximum Gasteiger partial charge on any atom is 0.239 e. The number of rotatable bonds is 4. The van der Waals surface area contributed by atoms with Crippen LogP contribution in [-0.2, 0) is 4.79 Å². The van der Waals surface area contributed by atoms with E-state index in [-0.39, 0.29) is 11.9 Å². The molecule has 0 unspecified atom stereocenters. The lowest BCUT2D eigenvalue weighted by molar-refractivity contribution is -0.123. The summed E-state index contributed by atoms with van der Waals surface area (Å²) in [5.74, 6) is 0.736. The second-order valence-electron chi connectivity index (χ2n) is 7.06. The smallest absolute Gasteiger partial charge is 0.239 e. The number of anilines is 1. The highest BCUT2D eigenvalue weighted by Gasteiger charge is 2.31. The Balaban J connectivity index is 1.52. The molecule has 26 heavy (non-hydrogen) atoms. The number of hydrogen-bond donors (Lipinski definition) is 2. The molecule has 1 atom stereocenters. The lowest BCUT2D eigenvalue weighted by Crippen LogP contribution is -2.57. The predicted octanol–water partition coefficient (Wildman–Crippen LogP) is 1.21. The Kier molecular flexibility index (Phi) is 4.55. The minimum Gasteiger partial charge on any atom is -0.352 e. The highest BCUT2D eigenvalue weighted by atomic mass is 16.2. The number of hydrogen-bond acceptors (Lipinski definition) is 6. The van der Waals surface area contributed by atoms with Crippen molar-refractivity contribution in [1.29, 1.82) is 0 Å². The number of carbonyl (C=O) groups is 1. The van der Waals surface area contributed by atoms with Crippen LogP contribution >= 0.6 is 0 Å². The van der Waals surface area contributed by atoms with Crippen molar-refractivity contribution in [3.8, 4) is 11.3 Å². The van der Waals surface area contributed by atoms with Crippen LogP contribution in [0.4, 0.5) is 5.95 Å².